The van der Waals surface area contributed by atoms with Gasteiger partial charge in [-0.15, -0.1) is 0 Å². The number of carbonyl (C=O) groups excluding carboxylic acids is 1. The molecule has 6 nitrogen and oxygen atoms in total. The van der Waals surface area contributed by atoms with E-state index in [-0.39, 0.29) is 17.2 Å². The molecule has 2 aromatic rings. The third kappa shape index (κ3) is 5.81. The Labute approximate surface area is 140 Å². The highest BCUT2D eigenvalue weighted by Gasteiger charge is 2.10. The minimum atomic E-state index is -1.08. The van der Waals surface area contributed by atoms with Gasteiger partial charge in [0.15, 0.2) is 0 Å². The first kappa shape index (κ1) is 17.6. The van der Waals surface area contributed by atoms with Gasteiger partial charge in [0.25, 0.3) is 5.91 Å². The first-order valence-electron chi connectivity index (χ1n) is 7.76. The Bertz CT molecular complexity index is 674. The number of amides is 1. The summed E-state index contributed by atoms with van der Waals surface area (Å²) < 4.78 is 5.53. The second-order valence-corrected chi connectivity index (χ2v) is 5.19. The van der Waals surface area contributed by atoms with Crippen LogP contribution >= 0.6 is 0 Å². The van der Waals surface area contributed by atoms with Gasteiger partial charge >= 0.3 is 5.97 Å². The van der Waals surface area contributed by atoms with E-state index in [0.717, 1.165) is 6.42 Å². The average molecular weight is 328 g/mol. The molecule has 0 radical (unpaired) electrons. The maximum atomic E-state index is 11.9. The number of hydrogen-bond donors (Lipinski definition) is 2. The number of rotatable bonds is 9. The third-order valence-electron chi connectivity index (χ3n) is 3.37. The van der Waals surface area contributed by atoms with Gasteiger partial charge in [-0.25, -0.2) is 4.79 Å². The largest absolute Gasteiger partial charge is 0.478 e. The van der Waals surface area contributed by atoms with Gasteiger partial charge in [-0.05, 0) is 30.5 Å². The lowest BCUT2D eigenvalue weighted by Gasteiger charge is -2.06. The van der Waals surface area contributed by atoms with Gasteiger partial charge in [-0.1, -0.05) is 30.3 Å². The SMILES string of the molecule is O=C(O)c1ccnc(C(=O)NCCCOCCc2ccccc2)c1. The van der Waals surface area contributed by atoms with Crippen molar-refractivity contribution >= 4 is 11.9 Å². The summed E-state index contributed by atoms with van der Waals surface area (Å²) in [4.78, 5) is 26.6. The molecule has 0 saturated heterocycles. The fourth-order valence-corrected chi connectivity index (χ4v) is 2.09. The van der Waals surface area contributed by atoms with Crippen LogP contribution in [-0.2, 0) is 11.2 Å². The van der Waals surface area contributed by atoms with E-state index in [2.05, 4.69) is 22.4 Å². The second kappa shape index (κ2) is 9.42. The van der Waals surface area contributed by atoms with Crippen molar-refractivity contribution in [2.45, 2.75) is 12.8 Å². The highest BCUT2D eigenvalue weighted by molar-refractivity contribution is 5.95. The van der Waals surface area contributed by atoms with E-state index in [1.807, 2.05) is 18.2 Å². The molecule has 0 bridgehead atoms. The Kier molecular flexibility index (Phi) is 6.91. The fourth-order valence-electron chi connectivity index (χ4n) is 2.09. The molecule has 24 heavy (non-hydrogen) atoms. The van der Waals surface area contributed by atoms with Crippen molar-refractivity contribution in [3.8, 4) is 0 Å². The van der Waals surface area contributed by atoms with Gasteiger partial charge in [-0.2, -0.15) is 0 Å². The van der Waals surface area contributed by atoms with Crippen LogP contribution in [0.15, 0.2) is 48.7 Å². The number of benzene rings is 1. The first-order valence-corrected chi connectivity index (χ1v) is 7.76. The molecular weight excluding hydrogens is 308 g/mol. The van der Waals surface area contributed by atoms with Gasteiger partial charge in [0.05, 0.1) is 12.2 Å². The molecule has 1 heterocycles. The van der Waals surface area contributed by atoms with Crippen LogP contribution in [0.4, 0.5) is 0 Å². The lowest BCUT2D eigenvalue weighted by molar-refractivity contribution is 0.0696. The summed E-state index contributed by atoms with van der Waals surface area (Å²) >= 11 is 0. The molecular formula is C18H20N2O4. The van der Waals surface area contributed by atoms with Crippen LogP contribution in [0.3, 0.4) is 0 Å². The standard InChI is InChI=1S/C18H20N2O4/c21-17(16-13-15(18(22)23)7-10-19-16)20-9-4-11-24-12-8-14-5-2-1-3-6-14/h1-3,5-7,10,13H,4,8-9,11-12H2,(H,20,21)(H,22,23). The summed E-state index contributed by atoms with van der Waals surface area (Å²) in [7, 11) is 0. The van der Waals surface area contributed by atoms with E-state index < -0.39 is 5.97 Å². The number of aromatic carboxylic acids is 1. The zero-order valence-corrected chi connectivity index (χ0v) is 13.3. The molecule has 1 amide bonds. The number of nitrogens with one attached hydrogen (secondary N) is 1. The number of carbonyl (C=O) groups is 2. The van der Waals surface area contributed by atoms with Gasteiger partial charge in [0.1, 0.15) is 5.69 Å². The molecule has 0 aliphatic carbocycles. The summed E-state index contributed by atoms with van der Waals surface area (Å²) in [5, 5.41) is 11.6. The minimum absolute atomic E-state index is 0.0411. The van der Waals surface area contributed by atoms with Crippen molar-refractivity contribution in [2.24, 2.45) is 0 Å². The van der Waals surface area contributed by atoms with Crippen LogP contribution in [0.1, 0.15) is 32.8 Å². The molecule has 0 aliphatic rings. The number of nitrogens with zero attached hydrogens (tertiary/aromatic N) is 1. The lowest BCUT2D eigenvalue weighted by atomic mass is 10.2. The van der Waals surface area contributed by atoms with Gasteiger partial charge < -0.3 is 15.2 Å². The van der Waals surface area contributed by atoms with E-state index in [9.17, 15) is 9.59 Å². The smallest absolute Gasteiger partial charge is 0.335 e. The van der Waals surface area contributed by atoms with Crippen LogP contribution in [-0.4, -0.2) is 41.7 Å². The fraction of sp³-hybridized carbons (Fsp3) is 0.278. The maximum absolute atomic E-state index is 11.9. The van der Waals surface area contributed by atoms with Crippen LogP contribution in [0.5, 0.6) is 0 Å². The number of carboxylic acid groups (broad SMARTS) is 1. The third-order valence-corrected chi connectivity index (χ3v) is 3.37. The quantitative estimate of drug-likeness (QED) is 0.689. The van der Waals surface area contributed by atoms with Gasteiger partial charge in [0.2, 0.25) is 0 Å². The molecule has 2 N–H and O–H groups in total. The van der Waals surface area contributed by atoms with E-state index in [1.54, 1.807) is 0 Å². The molecule has 0 atom stereocenters. The van der Waals surface area contributed by atoms with Crippen molar-refractivity contribution in [3.05, 3.63) is 65.5 Å². The first-order chi connectivity index (χ1) is 11.7. The van der Waals surface area contributed by atoms with E-state index in [1.165, 1.54) is 23.9 Å². The Morgan fingerprint density at radius 2 is 1.92 bits per heavy atom. The monoisotopic (exact) mass is 328 g/mol. The average Bonchev–Trinajstić information content (AvgIpc) is 2.61. The number of carboxylic acids is 1. The predicted octanol–water partition coefficient (Wildman–Crippen LogP) is 2.16. The number of ether oxygens (including phenoxy) is 1. The molecule has 6 heteroatoms. The number of aromatic nitrogens is 1. The topological polar surface area (TPSA) is 88.5 Å². The Hall–Kier alpha value is -2.73. The van der Waals surface area contributed by atoms with Crippen LogP contribution in [0.2, 0.25) is 0 Å². The van der Waals surface area contributed by atoms with Crippen molar-refractivity contribution in [2.75, 3.05) is 19.8 Å². The molecule has 0 spiro atoms. The Balaban J connectivity index is 1.61. The zero-order chi connectivity index (χ0) is 17.2. The predicted molar refractivity (Wildman–Crippen MR) is 89.1 cm³/mol. The van der Waals surface area contributed by atoms with Crippen LogP contribution in [0.25, 0.3) is 0 Å². The molecule has 126 valence electrons. The van der Waals surface area contributed by atoms with E-state index in [4.69, 9.17) is 9.84 Å². The van der Waals surface area contributed by atoms with Crippen molar-refractivity contribution in [3.63, 3.8) is 0 Å². The zero-order valence-electron chi connectivity index (χ0n) is 13.3. The molecule has 0 aliphatic heterocycles. The van der Waals surface area contributed by atoms with Crippen molar-refractivity contribution in [1.29, 1.82) is 0 Å². The summed E-state index contributed by atoms with van der Waals surface area (Å²) in [6.45, 7) is 1.64. The molecule has 0 saturated carbocycles. The van der Waals surface area contributed by atoms with Gasteiger partial charge in [-0.3, -0.25) is 9.78 Å². The lowest BCUT2D eigenvalue weighted by Crippen LogP contribution is -2.26. The van der Waals surface area contributed by atoms with Crippen LogP contribution in [0, 0.1) is 0 Å². The Morgan fingerprint density at radius 3 is 2.67 bits per heavy atom. The summed E-state index contributed by atoms with van der Waals surface area (Å²) in [6.07, 6.45) is 2.85. The van der Waals surface area contributed by atoms with E-state index >= 15 is 0 Å². The molecule has 1 aromatic carbocycles. The van der Waals surface area contributed by atoms with E-state index in [0.29, 0.717) is 26.2 Å². The second-order valence-electron chi connectivity index (χ2n) is 5.19. The number of pyridine rings is 1. The summed E-state index contributed by atoms with van der Waals surface area (Å²) in [5.74, 6) is -1.47. The minimum Gasteiger partial charge on any atom is -0.478 e. The van der Waals surface area contributed by atoms with Gasteiger partial charge in [0, 0.05) is 19.3 Å². The normalized spacial score (nSPS) is 10.3. The van der Waals surface area contributed by atoms with Crippen LogP contribution < -0.4 is 5.32 Å². The molecule has 1 aromatic heterocycles. The molecule has 0 fully saturated rings. The maximum Gasteiger partial charge on any atom is 0.335 e. The molecule has 2 rings (SSSR count). The summed E-state index contributed by atoms with van der Waals surface area (Å²) in [5.41, 5.74) is 1.37. The molecule has 0 unspecified atom stereocenters. The number of hydrogen-bond acceptors (Lipinski definition) is 4. The Morgan fingerprint density at radius 1 is 1.12 bits per heavy atom. The van der Waals surface area contributed by atoms with Crippen molar-refractivity contribution < 1.29 is 19.4 Å². The summed E-state index contributed by atoms with van der Waals surface area (Å²) in [6, 6.07) is 12.7. The van der Waals surface area contributed by atoms with Crippen molar-refractivity contribution in [1.82, 2.24) is 10.3 Å². The highest BCUT2D eigenvalue weighted by Crippen LogP contribution is 2.02. The highest BCUT2D eigenvalue weighted by atomic mass is 16.5.